The van der Waals surface area contributed by atoms with Crippen molar-refractivity contribution < 1.29 is 18.7 Å². The van der Waals surface area contributed by atoms with E-state index in [0.717, 1.165) is 33.9 Å². The summed E-state index contributed by atoms with van der Waals surface area (Å²) >= 11 is 3.49. The highest BCUT2D eigenvalue weighted by Crippen LogP contribution is 2.31. The van der Waals surface area contributed by atoms with E-state index in [1.807, 2.05) is 45.9 Å². The second kappa shape index (κ2) is 11.6. The summed E-state index contributed by atoms with van der Waals surface area (Å²) in [6.07, 6.45) is 2.64. The molecule has 1 heterocycles. The number of carbonyl (C=O) groups is 1. The summed E-state index contributed by atoms with van der Waals surface area (Å²) in [6, 6.07) is 9.79. The Bertz CT molecular complexity index is 1180. The molecule has 9 heteroatoms. The summed E-state index contributed by atoms with van der Waals surface area (Å²) in [5.41, 5.74) is 8.01. The number of nitrogen functional groups attached to an aromatic ring is 1. The minimum atomic E-state index is -0.548. The molecular weight excluding hydrogens is 515 g/mol. The van der Waals surface area contributed by atoms with Crippen molar-refractivity contribution in [2.45, 2.75) is 46.1 Å². The van der Waals surface area contributed by atoms with E-state index >= 15 is 0 Å². The Balaban J connectivity index is 1.55. The first kappa shape index (κ1) is 26.5. The lowest BCUT2D eigenvalue weighted by atomic mass is 10.1. The second-order valence-corrected chi connectivity index (χ2v) is 10.0. The molecule has 0 aliphatic heterocycles. The molecule has 7 nitrogen and oxygen atoms in total. The summed E-state index contributed by atoms with van der Waals surface area (Å²) in [7, 11) is 0. The number of halogens is 2. The number of carbonyl (C=O) groups excluding carboxylic acids is 1. The average Bonchev–Trinajstić information content (AvgIpc) is 2.78. The molecule has 1 aromatic heterocycles. The monoisotopic (exact) mass is 546 g/mol. The highest BCUT2D eigenvalue weighted by atomic mass is 79.9. The first-order valence-corrected chi connectivity index (χ1v) is 12.4. The van der Waals surface area contributed by atoms with Gasteiger partial charge in [-0.25, -0.2) is 9.18 Å². The van der Waals surface area contributed by atoms with E-state index < -0.39 is 17.4 Å². The lowest BCUT2D eigenvalue weighted by Gasteiger charge is -2.33. The van der Waals surface area contributed by atoms with Crippen LogP contribution in [0, 0.1) is 5.82 Å². The lowest BCUT2D eigenvalue weighted by Crippen LogP contribution is -2.46. The van der Waals surface area contributed by atoms with Crippen molar-refractivity contribution in [2.75, 3.05) is 30.7 Å². The van der Waals surface area contributed by atoms with Crippen molar-refractivity contribution in [2.24, 2.45) is 0 Å². The van der Waals surface area contributed by atoms with Crippen LogP contribution in [0.15, 0.2) is 47.1 Å². The van der Waals surface area contributed by atoms with Gasteiger partial charge < -0.3 is 25.4 Å². The fourth-order valence-electron chi connectivity index (χ4n) is 3.71. The topological polar surface area (TPSA) is 89.7 Å². The van der Waals surface area contributed by atoms with Crippen LogP contribution in [-0.4, -0.2) is 41.2 Å². The number of anilines is 2. The molecule has 0 aliphatic rings. The summed E-state index contributed by atoms with van der Waals surface area (Å²) in [4.78, 5) is 18.6. The molecule has 0 aliphatic carbocycles. The van der Waals surface area contributed by atoms with Crippen molar-refractivity contribution in [3.63, 3.8) is 0 Å². The predicted octanol–water partition coefficient (Wildman–Crippen LogP) is 6.61. The van der Waals surface area contributed by atoms with Crippen molar-refractivity contribution in [3.05, 3.63) is 52.9 Å². The van der Waals surface area contributed by atoms with Gasteiger partial charge in [-0.3, -0.25) is 4.98 Å². The Hall–Kier alpha value is -3.07. The molecule has 0 fully saturated rings. The average molecular weight is 547 g/mol. The van der Waals surface area contributed by atoms with Crippen molar-refractivity contribution >= 4 is 44.3 Å². The van der Waals surface area contributed by atoms with Crippen LogP contribution in [0.1, 0.15) is 40.5 Å². The molecule has 0 radical (unpaired) electrons. The maximum Gasteiger partial charge on any atom is 0.415 e. The molecule has 0 unspecified atom stereocenters. The van der Waals surface area contributed by atoms with Gasteiger partial charge in [-0.1, -0.05) is 15.9 Å². The molecule has 3 aromatic rings. The zero-order chi connectivity index (χ0) is 25.6. The SMILES string of the molecule is CCN(C(=O)Oc1cc(F)ccc1OCCCCNc1c(N)cnc2ccc(Br)cc12)C(C)(C)C. The lowest BCUT2D eigenvalue weighted by molar-refractivity contribution is 0.109. The van der Waals surface area contributed by atoms with Crippen LogP contribution in [0.25, 0.3) is 10.9 Å². The van der Waals surface area contributed by atoms with E-state index in [1.165, 1.54) is 18.2 Å². The van der Waals surface area contributed by atoms with E-state index in [2.05, 4.69) is 26.2 Å². The van der Waals surface area contributed by atoms with Crippen molar-refractivity contribution in [1.82, 2.24) is 9.88 Å². The number of hydrogen-bond acceptors (Lipinski definition) is 6. The Morgan fingerprint density at radius 2 is 1.94 bits per heavy atom. The third-order valence-electron chi connectivity index (χ3n) is 5.44. The van der Waals surface area contributed by atoms with Gasteiger partial charge in [0.1, 0.15) is 5.82 Å². The standard InChI is InChI=1S/C26H32BrFN4O3/c1-5-32(26(2,3)4)25(33)35-23-15-18(28)9-11-22(23)34-13-7-6-12-30-24-19-14-17(27)8-10-21(19)31-16-20(24)29/h8-11,14-16H,5-7,12-13,29H2,1-4H3,(H,30,31). The minimum absolute atomic E-state index is 0.0671. The minimum Gasteiger partial charge on any atom is -0.490 e. The zero-order valence-corrected chi connectivity index (χ0v) is 22.1. The van der Waals surface area contributed by atoms with E-state index in [9.17, 15) is 9.18 Å². The molecule has 2 aromatic carbocycles. The maximum absolute atomic E-state index is 13.8. The summed E-state index contributed by atoms with van der Waals surface area (Å²) in [5.74, 6) is -0.110. The number of amides is 1. The van der Waals surface area contributed by atoms with Gasteiger partial charge in [0.25, 0.3) is 0 Å². The summed E-state index contributed by atoms with van der Waals surface area (Å²) < 4.78 is 26.1. The molecule has 1 amide bonds. The Labute approximate surface area is 213 Å². The van der Waals surface area contributed by atoms with Crippen LogP contribution in [0.5, 0.6) is 11.5 Å². The normalized spacial score (nSPS) is 11.4. The number of aromatic nitrogens is 1. The van der Waals surface area contributed by atoms with Crippen LogP contribution in [0.4, 0.5) is 20.6 Å². The highest BCUT2D eigenvalue weighted by Gasteiger charge is 2.27. The molecule has 188 valence electrons. The fraction of sp³-hybridized carbons (Fsp3) is 0.385. The number of nitrogens with one attached hydrogen (secondary N) is 1. The van der Waals surface area contributed by atoms with E-state index in [-0.39, 0.29) is 5.75 Å². The number of hydrogen-bond donors (Lipinski definition) is 2. The first-order chi connectivity index (χ1) is 16.6. The van der Waals surface area contributed by atoms with Crippen LogP contribution in [-0.2, 0) is 0 Å². The van der Waals surface area contributed by atoms with Gasteiger partial charge in [-0.2, -0.15) is 0 Å². The highest BCUT2D eigenvalue weighted by molar-refractivity contribution is 9.10. The number of ether oxygens (including phenoxy) is 2. The van der Waals surface area contributed by atoms with Gasteiger partial charge in [0.2, 0.25) is 0 Å². The molecule has 0 saturated carbocycles. The van der Waals surface area contributed by atoms with Crippen LogP contribution in [0.3, 0.4) is 0 Å². The number of fused-ring (bicyclic) bond motifs is 1. The number of nitrogens with two attached hydrogens (primary N) is 1. The van der Waals surface area contributed by atoms with Crippen LogP contribution in [0.2, 0.25) is 0 Å². The molecule has 0 saturated heterocycles. The summed E-state index contributed by atoms with van der Waals surface area (Å²) in [5, 5.41) is 4.34. The second-order valence-electron chi connectivity index (χ2n) is 9.11. The summed E-state index contributed by atoms with van der Waals surface area (Å²) in [6.45, 7) is 9.13. The molecule has 3 rings (SSSR count). The molecule has 0 atom stereocenters. The smallest absolute Gasteiger partial charge is 0.415 e. The van der Waals surface area contributed by atoms with E-state index in [0.29, 0.717) is 31.1 Å². The number of nitrogens with zero attached hydrogens (tertiary/aromatic N) is 2. The van der Waals surface area contributed by atoms with Gasteiger partial charge in [0.15, 0.2) is 11.5 Å². The molecule has 0 spiro atoms. The predicted molar refractivity (Wildman–Crippen MR) is 142 cm³/mol. The van der Waals surface area contributed by atoms with Crippen LogP contribution < -0.4 is 20.5 Å². The van der Waals surface area contributed by atoms with E-state index in [4.69, 9.17) is 15.2 Å². The van der Waals surface area contributed by atoms with Gasteiger partial charge >= 0.3 is 6.09 Å². The molecule has 35 heavy (non-hydrogen) atoms. The number of rotatable bonds is 9. The third-order valence-corrected chi connectivity index (χ3v) is 5.93. The molecular formula is C26H32BrFN4O3. The number of unbranched alkanes of at least 4 members (excludes halogenated alkanes) is 1. The quantitative estimate of drug-likeness (QED) is 0.293. The third kappa shape index (κ3) is 6.97. The van der Waals surface area contributed by atoms with Gasteiger partial charge in [0, 0.05) is 34.6 Å². The Morgan fingerprint density at radius 3 is 2.66 bits per heavy atom. The molecule has 0 bridgehead atoms. The number of benzene rings is 2. The largest absolute Gasteiger partial charge is 0.490 e. The first-order valence-electron chi connectivity index (χ1n) is 11.6. The van der Waals surface area contributed by atoms with Gasteiger partial charge in [0.05, 0.1) is 29.7 Å². The number of pyridine rings is 1. The van der Waals surface area contributed by atoms with E-state index in [1.54, 1.807) is 11.1 Å². The Kier molecular flexibility index (Phi) is 8.77. The van der Waals surface area contributed by atoms with Crippen molar-refractivity contribution in [3.8, 4) is 11.5 Å². The molecule has 3 N–H and O–H groups in total. The Morgan fingerprint density at radius 1 is 1.17 bits per heavy atom. The van der Waals surface area contributed by atoms with Gasteiger partial charge in [-0.15, -0.1) is 0 Å². The maximum atomic E-state index is 13.8. The van der Waals surface area contributed by atoms with Crippen molar-refractivity contribution in [1.29, 1.82) is 0 Å². The zero-order valence-electron chi connectivity index (χ0n) is 20.5. The fourth-order valence-corrected chi connectivity index (χ4v) is 4.07. The van der Waals surface area contributed by atoms with Gasteiger partial charge in [-0.05, 0) is 70.9 Å². The van der Waals surface area contributed by atoms with Crippen LogP contribution >= 0.6 is 15.9 Å².